The van der Waals surface area contributed by atoms with Crippen LogP contribution in [0.1, 0.15) is 23.2 Å². The van der Waals surface area contributed by atoms with Gasteiger partial charge in [-0.1, -0.05) is 0 Å². The number of halogens is 1. The number of carbonyl (C=O) groups is 2. The quantitative estimate of drug-likeness (QED) is 0.767. The Labute approximate surface area is 124 Å². The number of hydrogen-bond acceptors (Lipinski definition) is 3. The molecular weight excluding hydrogens is 359 g/mol. The van der Waals surface area contributed by atoms with Crippen molar-refractivity contribution in [3.05, 3.63) is 27.3 Å². The predicted octanol–water partition coefficient (Wildman–Crippen LogP) is 1.33. The van der Waals surface area contributed by atoms with Gasteiger partial charge < -0.3 is 15.7 Å². The molecule has 0 saturated carbocycles. The molecule has 1 aromatic rings. The second-order valence-corrected chi connectivity index (χ2v) is 5.80. The first-order chi connectivity index (χ1) is 8.99. The van der Waals surface area contributed by atoms with Crippen LogP contribution in [0.2, 0.25) is 0 Å². The van der Waals surface area contributed by atoms with Gasteiger partial charge in [0.25, 0.3) is 5.91 Å². The van der Waals surface area contributed by atoms with Crippen LogP contribution in [0.3, 0.4) is 0 Å². The molecule has 0 aliphatic carbocycles. The number of phenols is 1. The van der Waals surface area contributed by atoms with Crippen LogP contribution in [0.4, 0.5) is 0 Å². The van der Waals surface area contributed by atoms with Gasteiger partial charge in [-0.25, -0.2) is 0 Å². The van der Waals surface area contributed by atoms with Gasteiger partial charge in [0.05, 0.1) is 3.57 Å². The Kier molecular flexibility index (Phi) is 4.28. The van der Waals surface area contributed by atoms with Crippen molar-refractivity contribution >= 4 is 34.4 Å². The highest BCUT2D eigenvalue weighted by Gasteiger charge is 2.26. The van der Waals surface area contributed by atoms with E-state index in [1.54, 1.807) is 17.0 Å². The maximum absolute atomic E-state index is 12.2. The standard InChI is InChI=1S/C13H15IN2O3/c14-10-2-1-9(7-11(10)17)13(19)16-5-3-8(4-6-16)12(15)18/h1-2,7-8,17H,3-6H2,(H2,15,18). The van der Waals surface area contributed by atoms with Gasteiger partial charge in [0.2, 0.25) is 5.91 Å². The Balaban J connectivity index is 2.05. The molecule has 5 nitrogen and oxygen atoms in total. The van der Waals surface area contributed by atoms with Crippen molar-refractivity contribution in [1.29, 1.82) is 0 Å². The van der Waals surface area contributed by atoms with Gasteiger partial charge in [0, 0.05) is 24.6 Å². The third-order valence-corrected chi connectivity index (χ3v) is 4.29. The lowest BCUT2D eigenvalue weighted by atomic mass is 9.96. The maximum Gasteiger partial charge on any atom is 0.253 e. The maximum atomic E-state index is 12.2. The lowest BCUT2D eigenvalue weighted by Crippen LogP contribution is -2.41. The smallest absolute Gasteiger partial charge is 0.253 e. The largest absolute Gasteiger partial charge is 0.507 e. The third kappa shape index (κ3) is 3.17. The average Bonchev–Trinajstić information content (AvgIpc) is 2.41. The molecule has 0 spiro atoms. The molecule has 1 aromatic carbocycles. The first-order valence-electron chi connectivity index (χ1n) is 6.06. The third-order valence-electron chi connectivity index (χ3n) is 3.38. The van der Waals surface area contributed by atoms with Crippen LogP contribution < -0.4 is 5.73 Å². The van der Waals surface area contributed by atoms with Crippen molar-refractivity contribution in [3.63, 3.8) is 0 Å². The molecule has 2 rings (SSSR count). The first kappa shape index (κ1) is 14.1. The van der Waals surface area contributed by atoms with Crippen molar-refractivity contribution in [2.45, 2.75) is 12.8 Å². The summed E-state index contributed by atoms with van der Waals surface area (Å²) >= 11 is 2.00. The minimum absolute atomic E-state index is 0.110. The van der Waals surface area contributed by atoms with Crippen LogP contribution in [0, 0.1) is 9.49 Å². The Bertz CT molecular complexity index is 511. The minimum Gasteiger partial charge on any atom is -0.507 e. The minimum atomic E-state index is -0.293. The molecule has 1 fully saturated rings. The topological polar surface area (TPSA) is 83.6 Å². The van der Waals surface area contributed by atoms with E-state index in [0.717, 1.165) is 0 Å². The highest BCUT2D eigenvalue weighted by atomic mass is 127. The fraction of sp³-hybridized carbons (Fsp3) is 0.385. The lowest BCUT2D eigenvalue weighted by Gasteiger charge is -2.30. The number of primary amides is 1. The van der Waals surface area contributed by atoms with Crippen LogP contribution in [0.25, 0.3) is 0 Å². The van der Waals surface area contributed by atoms with E-state index in [4.69, 9.17) is 5.73 Å². The van der Waals surface area contributed by atoms with Crippen molar-refractivity contribution < 1.29 is 14.7 Å². The number of phenolic OH excluding ortho intramolecular Hbond substituents is 1. The normalized spacial score (nSPS) is 16.4. The van der Waals surface area contributed by atoms with Crippen LogP contribution in [0.15, 0.2) is 18.2 Å². The molecule has 0 radical (unpaired) electrons. The molecule has 0 aromatic heterocycles. The number of piperidine rings is 1. The van der Waals surface area contributed by atoms with Crippen molar-refractivity contribution in [3.8, 4) is 5.75 Å². The lowest BCUT2D eigenvalue weighted by molar-refractivity contribution is -0.123. The van der Waals surface area contributed by atoms with Gasteiger partial charge in [0.15, 0.2) is 0 Å². The monoisotopic (exact) mass is 374 g/mol. The predicted molar refractivity (Wildman–Crippen MR) is 78.6 cm³/mol. The zero-order valence-electron chi connectivity index (χ0n) is 10.3. The molecule has 1 heterocycles. The highest BCUT2D eigenvalue weighted by Crippen LogP contribution is 2.23. The van der Waals surface area contributed by atoms with Gasteiger partial charge in [-0.3, -0.25) is 9.59 Å². The molecular formula is C13H15IN2O3. The summed E-state index contributed by atoms with van der Waals surface area (Å²) in [4.78, 5) is 25.0. The summed E-state index contributed by atoms with van der Waals surface area (Å²) < 4.78 is 0.710. The second kappa shape index (κ2) is 5.77. The zero-order valence-corrected chi connectivity index (χ0v) is 12.5. The fourth-order valence-corrected chi connectivity index (χ4v) is 2.53. The van der Waals surface area contributed by atoms with E-state index in [1.165, 1.54) is 6.07 Å². The number of nitrogens with two attached hydrogens (primary N) is 1. The zero-order chi connectivity index (χ0) is 14.0. The Morgan fingerprint density at radius 2 is 1.95 bits per heavy atom. The van der Waals surface area contributed by atoms with E-state index in [1.807, 2.05) is 22.6 Å². The first-order valence-corrected chi connectivity index (χ1v) is 7.14. The summed E-state index contributed by atoms with van der Waals surface area (Å²) in [5, 5.41) is 9.62. The summed E-state index contributed by atoms with van der Waals surface area (Å²) in [5.41, 5.74) is 5.73. The molecule has 1 aliphatic rings. The van der Waals surface area contributed by atoms with Crippen molar-refractivity contribution in [1.82, 2.24) is 4.90 Å². The number of nitrogens with zero attached hydrogens (tertiary/aromatic N) is 1. The summed E-state index contributed by atoms with van der Waals surface area (Å²) in [5.74, 6) is -0.429. The van der Waals surface area contributed by atoms with Crippen LogP contribution >= 0.6 is 22.6 Å². The van der Waals surface area contributed by atoms with E-state index in [9.17, 15) is 14.7 Å². The van der Waals surface area contributed by atoms with Gasteiger partial charge in [0.1, 0.15) is 5.75 Å². The summed E-state index contributed by atoms with van der Waals surface area (Å²) in [6, 6.07) is 4.88. The fourth-order valence-electron chi connectivity index (χ4n) is 2.20. The molecule has 1 aliphatic heterocycles. The molecule has 2 amide bonds. The number of aromatic hydroxyl groups is 1. The molecule has 0 atom stereocenters. The van der Waals surface area contributed by atoms with Crippen LogP contribution in [0.5, 0.6) is 5.75 Å². The Morgan fingerprint density at radius 3 is 2.47 bits per heavy atom. The number of amides is 2. The second-order valence-electron chi connectivity index (χ2n) is 4.64. The molecule has 0 bridgehead atoms. The molecule has 0 unspecified atom stereocenters. The van der Waals surface area contributed by atoms with Crippen molar-refractivity contribution in [2.24, 2.45) is 11.7 Å². The SMILES string of the molecule is NC(=O)C1CCN(C(=O)c2ccc(I)c(O)c2)CC1. The Morgan fingerprint density at radius 1 is 1.32 bits per heavy atom. The summed E-state index contributed by atoms with van der Waals surface area (Å²) in [7, 11) is 0. The van der Waals surface area contributed by atoms with E-state index >= 15 is 0 Å². The Hall–Kier alpha value is -1.31. The van der Waals surface area contributed by atoms with Gasteiger partial charge in [-0.2, -0.15) is 0 Å². The molecule has 6 heteroatoms. The van der Waals surface area contributed by atoms with Crippen LogP contribution in [-0.2, 0) is 4.79 Å². The summed E-state index contributed by atoms with van der Waals surface area (Å²) in [6.45, 7) is 1.05. The average molecular weight is 374 g/mol. The summed E-state index contributed by atoms with van der Waals surface area (Å²) in [6.07, 6.45) is 1.22. The number of likely N-dealkylation sites (tertiary alicyclic amines) is 1. The van der Waals surface area contributed by atoms with Crippen molar-refractivity contribution in [2.75, 3.05) is 13.1 Å². The highest BCUT2D eigenvalue weighted by molar-refractivity contribution is 14.1. The molecule has 3 N–H and O–H groups in total. The van der Waals surface area contributed by atoms with Gasteiger partial charge in [-0.15, -0.1) is 0 Å². The number of carbonyl (C=O) groups excluding carboxylic acids is 2. The van der Waals surface area contributed by atoms with Gasteiger partial charge in [-0.05, 0) is 53.6 Å². The van der Waals surface area contributed by atoms with E-state index in [-0.39, 0.29) is 23.5 Å². The van der Waals surface area contributed by atoms with Gasteiger partial charge >= 0.3 is 0 Å². The van der Waals surface area contributed by atoms with E-state index in [0.29, 0.717) is 35.1 Å². The molecule has 19 heavy (non-hydrogen) atoms. The molecule has 102 valence electrons. The number of hydrogen-bond donors (Lipinski definition) is 2. The number of benzene rings is 1. The van der Waals surface area contributed by atoms with E-state index < -0.39 is 0 Å². The van der Waals surface area contributed by atoms with Crippen LogP contribution in [-0.4, -0.2) is 34.9 Å². The number of rotatable bonds is 2. The van der Waals surface area contributed by atoms with E-state index in [2.05, 4.69) is 0 Å². The molecule has 1 saturated heterocycles.